The third-order valence-electron chi connectivity index (χ3n) is 6.43. The normalized spacial score (nSPS) is 29.1. The van der Waals surface area contributed by atoms with Gasteiger partial charge < -0.3 is 20.1 Å². The number of aliphatic hydroxyl groups is 1. The molecule has 2 rings (SSSR count). The zero-order chi connectivity index (χ0) is 22.4. The van der Waals surface area contributed by atoms with Crippen molar-refractivity contribution in [2.24, 2.45) is 29.6 Å². The third kappa shape index (κ3) is 4.88. The summed E-state index contributed by atoms with van der Waals surface area (Å²) in [5.74, 6) is -2.73. The first-order valence-electron chi connectivity index (χ1n) is 11.4. The number of fused-ring (bicyclic) bond motifs is 1. The van der Waals surface area contributed by atoms with E-state index in [4.69, 9.17) is 4.74 Å². The summed E-state index contributed by atoms with van der Waals surface area (Å²) in [6, 6.07) is -1.22. The highest BCUT2D eigenvalue weighted by atomic mass is 16.5. The average Bonchev–Trinajstić information content (AvgIpc) is 2.98. The molecule has 0 aromatic rings. The van der Waals surface area contributed by atoms with Gasteiger partial charge in [0.25, 0.3) is 0 Å². The molecule has 0 aromatic heterocycles. The Morgan fingerprint density at radius 2 is 1.93 bits per heavy atom. The molecule has 0 radical (unpaired) electrons. The second kappa shape index (κ2) is 10.9. The molecule has 170 valence electrons. The molecule has 2 amide bonds. The van der Waals surface area contributed by atoms with E-state index in [9.17, 15) is 19.5 Å². The maximum absolute atomic E-state index is 13.6. The van der Waals surface area contributed by atoms with Crippen LogP contribution in [0.2, 0.25) is 0 Å². The highest BCUT2D eigenvalue weighted by molar-refractivity contribution is 5.96. The van der Waals surface area contributed by atoms with Crippen molar-refractivity contribution in [3.8, 4) is 0 Å². The van der Waals surface area contributed by atoms with Crippen LogP contribution >= 0.6 is 0 Å². The molecule has 0 unspecified atom stereocenters. The van der Waals surface area contributed by atoms with Gasteiger partial charge in [-0.05, 0) is 25.2 Å². The Morgan fingerprint density at radius 3 is 2.50 bits per heavy atom. The quantitative estimate of drug-likeness (QED) is 0.319. The van der Waals surface area contributed by atoms with E-state index >= 15 is 0 Å². The fourth-order valence-electron chi connectivity index (χ4n) is 4.81. The number of ether oxygens (including phenoxy) is 1. The van der Waals surface area contributed by atoms with Crippen molar-refractivity contribution in [1.29, 1.82) is 0 Å². The SMILES string of the molecule is CCCCCNC(=O)[C@@H]1[C@H]2C=C[C@@H](C)[C@@H](C(=O)OCC)[C@@H]2C(=O)N1[C@@H](CO)C(C)C. The molecule has 0 aromatic carbocycles. The van der Waals surface area contributed by atoms with Crippen LogP contribution in [0.4, 0.5) is 0 Å². The second-order valence-corrected chi connectivity index (χ2v) is 8.81. The van der Waals surface area contributed by atoms with Crippen LogP contribution < -0.4 is 5.32 Å². The molecule has 7 heteroatoms. The fourth-order valence-corrected chi connectivity index (χ4v) is 4.81. The number of amides is 2. The molecule has 0 saturated carbocycles. The standard InChI is InChI=1S/C23H38N2O5/c1-6-8-9-12-24-21(27)20-16-11-10-15(5)18(23(29)30-7-2)19(16)22(28)25(20)17(13-26)14(3)4/h10-11,14-20,26H,6-9,12-13H2,1-5H3,(H,24,27)/t15-,16+,17+,18-,19-,20+/m1/s1. The molecule has 1 aliphatic heterocycles. The molecule has 2 N–H and O–H groups in total. The number of carbonyl (C=O) groups excluding carboxylic acids is 3. The molecular formula is C23H38N2O5. The van der Waals surface area contributed by atoms with Gasteiger partial charge in [0.1, 0.15) is 6.04 Å². The number of nitrogens with zero attached hydrogens (tertiary/aromatic N) is 1. The molecule has 1 fully saturated rings. The van der Waals surface area contributed by atoms with Crippen molar-refractivity contribution in [3.05, 3.63) is 12.2 Å². The van der Waals surface area contributed by atoms with Crippen LogP contribution in [0.3, 0.4) is 0 Å². The van der Waals surface area contributed by atoms with E-state index in [0.29, 0.717) is 6.54 Å². The van der Waals surface area contributed by atoms with Crippen molar-refractivity contribution in [2.75, 3.05) is 19.8 Å². The lowest BCUT2D eigenvalue weighted by molar-refractivity contribution is -0.156. The van der Waals surface area contributed by atoms with Gasteiger partial charge in [-0.25, -0.2) is 0 Å². The zero-order valence-electron chi connectivity index (χ0n) is 19.0. The summed E-state index contributed by atoms with van der Waals surface area (Å²) in [5, 5.41) is 13.0. The minimum absolute atomic E-state index is 0.0306. The first-order valence-corrected chi connectivity index (χ1v) is 11.4. The Bertz CT molecular complexity index is 648. The van der Waals surface area contributed by atoms with Gasteiger partial charge in [-0.1, -0.05) is 52.7 Å². The maximum Gasteiger partial charge on any atom is 0.310 e. The van der Waals surface area contributed by atoms with Gasteiger partial charge in [0.2, 0.25) is 11.8 Å². The molecular weight excluding hydrogens is 384 g/mol. The van der Waals surface area contributed by atoms with Crippen LogP contribution in [0.1, 0.15) is 53.9 Å². The van der Waals surface area contributed by atoms with E-state index in [1.165, 1.54) is 0 Å². The second-order valence-electron chi connectivity index (χ2n) is 8.81. The Kier molecular flexibility index (Phi) is 8.89. The minimum Gasteiger partial charge on any atom is -0.466 e. The van der Waals surface area contributed by atoms with Gasteiger partial charge in [0, 0.05) is 12.5 Å². The molecule has 6 atom stereocenters. The van der Waals surface area contributed by atoms with E-state index < -0.39 is 35.8 Å². The summed E-state index contributed by atoms with van der Waals surface area (Å²) >= 11 is 0. The number of esters is 1. The lowest BCUT2D eigenvalue weighted by Gasteiger charge is -2.35. The van der Waals surface area contributed by atoms with Gasteiger partial charge in [-0.2, -0.15) is 0 Å². The van der Waals surface area contributed by atoms with E-state index in [2.05, 4.69) is 12.2 Å². The molecule has 30 heavy (non-hydrogen) atoms. The molecule has 0 bridgehead atoms. The number of carbonyl (C=O) groups is 3. The highest BCUT2D eigenvalue weighted by Gasteiger charge is 2.58. The maximum atomic E-state index is 13.6. The highest BCUT2D eigenvalue weighted by Crippen LogP contribution is 2.45. The Morgan fingerprint density at radius 1 is 1.23 bits per heavy atom. The third-order valence-corrected chi connectivity index (χ3v) is 6.43. The van der Waals surface area contributed by atoms with Crippen molar-refractivity contribution in [1.82, 2.24) is 10.2 Å². The van der Waals surface area contributed by atoms with Crippen molar-refractivity contribution >= 4 is 17.8 Å². The Hall–Kier alpha value is -1.89. The van der Waals surface area contributed by atoms with E-state index in [1.54, 1.807) is 11.8 Å². The number of hydrogen-bond donors (Lipinski definition) is 2. The summed E-state index contributed by atoms with van der Waals surface area (Å²) in [6.45, 7) is 10.2. The average molecular weight is 423 g/mol. The molecule has 7 nitrogen and oxygen atoms in total. The van der Waals surface area contributed by atoms with Gasteiger partial charge in [0.15, 0.2) is 0 Å². The molecule has 1 heterocycles. The predicted octanol–water partition coefficient (Wildman–Crippen LogP) is 2.14. The molecule has 0 spiro atoms. The first kappa shape index (κ1) is 24.4. The summed E-state index contributed by atoms with van der Waals surface area (Å²) in [6.07, 6.45) is 6.78. The fraction of sp³-hybridized carbons (Fsp3) is 0.783. The van der Waals surface area contributed by atoms with E-state index in [0.717, 1.165) is 19.3 Å². The number of hydrogen-bond acceptors (Lipinski definition) is 5. The lowest BCUT2D eigenvalue weighted by atomic mass is 9.70. The van der Waals surface area contributed by atoms with Crippen molar-refractivity contribution < 1.29 is 24.2 Å². The van der Waals surface area contributed by atoms with Crippen LogP contribution in [0.5, 0.6) is 0 Å². The van der Waals surface area contributed by atoms with E-state index in [-0.39, 0.29) is 36.9 Å². The smallest absolute Gasteiger partial charge is 0.310 e. The topological polar surface area (TPSA) is 95.9 Å². The van der Waals surface area contributed by atoms with Crippen LogP contribution in [0, 0.1) is 29.6 Å². The monoisotopic (exact) mass is 422 g/mol. The number of likely N-dealkylation sites (tertiary alicyclic amines) is 1. The van der Waals surface area contributed by atoms with Gasteiger partial charge in [-0.15, -0.1) is 0 Å². The van der Waals surface area contributed by atoms with Crippen molar-refractivity contribution in [3.63, 3.8) is 0 Å². The van der Waals surface area contributed by atoms with Gasteiger partial charge in [-0.3, -0.25) is 14.4 Å². The predicted molar refractivity (Wildman–Crippen MR) is 114 cm³/mol. The number of nitrogens with one attached hydrogen (secondary N) is 1. The lowest BCUT2D eigenvalue weighted by Crippen LogP contribution is -2.54. The summed E-state index contributed by atoms with van der Waals surface area (Å²) in [5.41, 5.74) is 0. The Balaban J connectivity index is 2.40. The van der Waals surface area contributed by atoms with Crippen LogP contribution in [-0.2, 0) is 19.1 Å². The van der Waals surface area contributed by atoms with Crippen LogP contribution in [0.25, 0.3) is 0 Å². The summed E-state index contributed by atoms with van der Waals surface area (Å²) < 4.78 is 5.27. The minimum atomic E-state index is -0.732. The van der Waals surface area contributed by atoms with Gasteiger partial charge >= 0.3 is 5.97 Å². The number of aliphatic hydroxyl groups excluding tert-OH is 1. The summed E-state index contributed by atoms with van der Waals surface area (Å²) in [4.78, 5) is 41.1. The molecule has 2 aliphatic rings. The summed E-state index contributed by atoms with van der Waals surface area (Å²) in [7, 11) is 0. The number of unbranched alkanes of at least 4 members (excludes halogenated alkanes) is 2. The van der Waals surface area contributed by atoms with Gasteiger partial charge in [0.05, 0.1) is 31.1 Å². The molecule has 1 saturated heterocycles. The number of rotatable bonds is 10. The van der Waals surface area contributed by atoms with Crippen LogP contribution in [0.15, 0.2) is 12.2 Å². The number of allylic oxidation sites excluding steroid dienone is 1. The molecule has 1 aliphatic carbocycles. The van der Waals surface area contributed by atoms with Crippen LogP contribution in [-0.4, -0.2) is 59.6 Å². The largest absolute Gasteiger partial charge is 0.466 e. The Labute approximate surface area is 180 Å². The first-order chi connectivity index (χ1) is 14.3. The zero-order valence-corrected chi connectivity index (χ0v) is 19.0. The van der Waals surface area contributed by atoms with Crippen molar-refractivity contribution in [2.45, 2.75) is 66.0 Å². The van der Waals surface area contributed by atoms with E-state index in [1.807, 2.05) is 32.9 Å².